The Morgan fingerprint density at radius 2 is 2.12 bits per heavy atom. The van der Waals surface area contributed by atoms with Gasteiger partial charge in [-0.05, 0) is 30.0 Å². The Morgan fingerprint density at radius 3 is 2.73 bits per heavy atom. The van der Waals surface area contributed by atoms with Crippen LogP contribution in [0.25, 0.3) is 0 Å². The van der Waals surface area contributed by atoms with Crippen molar-refractivity contribution in [2.45, 2.75) is 31.2 Å². The molecule has 2 rings (SSSR count). The Bertz CT molecular complexity index is 724. The van der Waals surface area contributed by atoms with Crippen molar-refractivity contribution < 1.29 is 17.9 Å². The third-order valence-corrected chi connectivity index (χ3v) is 6.05. The van der Waals surface area contributed by atoms with Crippen molar-refractivity contribution in [3.63, 3.8) is 0 Å². The molecule has 9 heteroatoms. The summed E-state index contributed by atoms with van der Waals surface area (Å²) in [5, 5.41) is 0. The van der Waals surface area contributed by atoms with E-state index in [4.69, 9.17) is 10.5 Å². The van der Waals surface area contributed by atoms with Crippen LogP contribution in [0.2, 0.25) is 0 Å². The molecule has 26 heavy (non-hydrogen) atoms. The number of sulfonamides is 1. The molecule has 1 saturated heterocycles. The van der Waals surface area contributed by atoms with Crippen molar-refractivity contribution >= 4 is 28.3 Å². The first kappa shape index (κ1) is 22.9. The van der Waals surface area contributed by atoms with E-state index in [9.17, 15) is 13.2 Å². The highest BCUT2D eigenvalue weighted by atomic mass is 35.5. The van der Waals surface area contributed by atoms with Crippen molar-refractivity contribution in [2.24, 2.45) is 11.1 Å². The number of nitrogens with two attached hydrogens (primary N) is 1. The van der Waals surface area contributed by atoms with E-state index in [0.29, 0.717) is 18.7 Å². The van der Waals surface area contributed by atoms with Crippen molar-refractivity contribution in [1.29, 1.82) is 0 Å². The van der Waals surface area contributed by atoms with E-state index in [0.717, 1.165) is 6.42 Å². The summed E-state index contributed by atoms with van der Waals surface area (Å²) in [5.74, 6) is -0.172. The SMILES string of the molecule is COCCNS(=O)(=O)c1cccc(C(=O)N2CCC(N)C(C)(C)C2)c1.Cl. The number of rotatable bonds is 6. The summed E-state index contributed by atoms with van der Waals surface area (Å²) in [4.78, 5) is 14.6. The van der Waals surface area contributed by atoms with Gasteiger partial charge in [-0.3, -0.25) is 4.79 Å². The van der Waals surface area contributed by atoms with E-state index in [1.54, 1.807) is 17.0 Å². The van der Waals surface area contributed by atoms with Crippen LogP contribution in [-0.2, 0) is 14.8 Å². The Kier molecular flexibility index (Phi) is 8.04. The minimum atomic E-state index is -3.67. The maximum Gasteiger partial charge on any atom is 0.253 e. The lowest BCUT2D eigenvalue weighted by atomic mass is 9.79. The summed E-state index contributed by atoms with van der Waals surface area (Å²) in [6, 6.07) is 6.16. The van der Waals surface area contributed by atoms with E-state index in [1.807, 2.05) is 13.8 Å². The van der Waals surface area contributed by atoms with Gasteiger partial charge in [0.05, 0.1) is 11.5 Å². The van der Waals surface area contributed by atoms with Crippen LogP contribution >= 0.6 is 12.4 Å². The van der Waals surface area contributed by atoms with Gasteiger partial charge in [0.15, 0.2) is 0 Å². The molecule has 1 aromatic carbocycles. The largest absolute Gasteiger partial charge is 0.383 e. The predicted octanol–water partition coefficient (Wildman–Crippen LogP) is 1.23. The summed E-state index contributed by atoms with van der Waals surface area (Å²) >= 11 is 0. The zero-order chi connectivity index (χ0) is 18.7. The number of nitrogens with one attached hydrogen (secondary N) is 1. The number of amides is 1. The number of carbonyl (C=O) groups is 1. The first-order chi connectivity index (χ1) is 11.7. The van der Waals surface area contributed by atoms with Gasteiger partial charge in [0.1, 0.15) is 0 Å². The molecule has 0 aromatic heterocycles. The lowest BCUT2D eigenvalue weighted by Crippen LogP contribution is -2.54. The molecule has 1 aliphatic rings. The number of ether oxygens (including phenoxy) is 1. The number of methoxy groups -OCH3 is 1. The van der Waals surface area contributed by atoms with Gasteiger partial charge in [0.2, 0.25) is 10.0 Å². The molecule has 0 aliphatic carbocycles. The van der Waals surface area contributed by atoms with Gasteiger partial charge in [-0.2, -0.15) is 0 Å². The van der Waals surface area contributed by atoms with Crippen molar-refractivity contribution in [1.82, 2.24) is 9.62 Å². The quantitative estimate of drug-likeness (QED) is 0.693. The molecule has 1 amide bonds. The van der Waals surface area contributed by atoms with Crippen LogP contribution in [-0.4, -0.2) is 58.6 Å². The van der Waals surface area contributed by atoms with E-state index in [-0.39, 0.29) is 47.8 Å². The summed E-state index contributed by atoms with van der Waals surface area (Å²) in [7, 11) is -2.17. The smallest absolute Gasteiger partial charge is 0.253 e. The minimum absolute atomic E-state index is 0. The molecule has 1 aromatic rings. The molecule has 1 unspecified atom stereocenters. The molecular formula is C17H28ClN3O4S. The maximum absolute atomic E-state index is 12.8. The van der Waals surface area contributed by atoms with Crippen LogP contribution < -0.4 is 10.5 Å². The summed E-state index contributed by atoms with van der Waals surface area (Å²) in [6.45, 7) is 5.66. The molecule has 1 fully saturated rings. The van der Waals surface area contributed by atoms with Crippen LogP contribution in [0.3, 0.4) is 0 Å². The third kappa shape index (κ3) is 5.40. The fraction of sp³-hybridized carbons (Fsp3) is 0.588. The van der Waals surface area contributed by atoms with Crippen LogP contribution in [0.4, 0.5) is 0 Å². The highest BCUT2D eigenvalue weighted by Gasteiger charge is 2.35. The zero-order valence-corrected chi connectivity index (χ0v) is 17.0. The van der Waals surface area contributed by atoms with E-state index >= 15 is 0 Å². The van der Waals surface area contributed by atoms with Gasteiger partial charge in [-0.15, -0.1) is 12.4 Å². The number of hydrogen-bond acceptors (Lipinski definition) is 5. The van der Waals surface area contributed by atoms with Crippen molar-refractivity contribution in [3.05, 3.63) is 29.8 Å². The van der Waals surface area contributed by atoms with E-state index in [2.05, 4.69) is 4.72 Å². The van der Waals surface area contributed by atoms with Crippen LogP contribution in [0, 0.1) is 5.41 Å². The zero-order valence-electron chi connectivity index (χ0n) is 15.4. The highest BCUT2D eigenvalue weighted by molar-refractivity contribution is 7.89. The minimum Gasteiger partial charge on any atom is -0.383 e. The molecule has 148 valence electrons. The van der Waals surface area contributed by atoms with Gasteiger partial charge in [0.25, 0.3) is 5.91 Å². The second kappa shape index (κ2) is 9.14. The number of benzene rings is 1. The van der Waals surface area contributed by atoms with Gasteiger partial charge in [0, 0.05) is 38.3 Å². The molecular weight excluding hydrogens is 378 g/mol. The third-order valence-electron chi connectivity index (χ3n) is 4.59. The van der Waals surface area contributed by atoms with E-state index in [1.165, 1.54) is 19.2 Å². The Hall–Kier alpha value is -1.19. The number of likely N-dealkylation sites (tertiary alicyclic amines) is 1. The van der Waals surface area contributed by atoms with Gasteiger partial charge < -0.3 is 15.4 Å². The number of carbonyl (C=O) groups excluding carboxylic acids is 1. The fourth-order valence-corrected chi connectivity index (χ4v) is 3.95. The van der Waals surface area contributed by atoms with Crippen LogP contribution in [0.15, 0.2) is 29.2 Å². The number of piperidine rings is 1. The molecule has 0 radical (unpaired) electrons. The fourth-order valence-electron chi connectivity index (χ4n) is 2.89. The van der Waals surface area contributed by atoms with Crippen molar-refractivity contribution in [2.75, 3.05) is 33.4 Å². The van der Waals surface area contributed by atoms with Crippen molar-refractivity contribution in [3.8, 4) is 0 Å². The topological polar surface area (TPSA) is 102 Å². The summed E-state index contributed by atoms with van der Waals surface area (Å²) < 4.78 is 31.9. The van der Waals surface area contributed by atoms with Crippen LogP contribution in [0.5, 0.6) is 0 Å². The Balaban J connectivity index is 0.00000338. The second-order valence-corrected chi connectivity index (χ2v) is 8.80. The number of halogens is 1. The van der Waals surface area contributed by atoms with Gasteiger partial charge in [-0.25, -0.2) is 13.1 Å². The normalized spacial score (nSPS) is 19.7. The monoisotopic (exact) mass is 405 g/mol. The standard InChI is InChI=1S/C17H27N3O4S.ClH/c1-17(2)12-20(9-7-15(17)18)16(21)13-5-4-6-14(11-13)25(22,23)19-8-10-24-3;/h4-6,11,15,19H,7-10,12,18H2,1-3H3;1H. The average Bonchev–Trinajstić information content (AvgIpc) is 2.57. The molecule has 3 N–H and O–H groups in total. The molecule has 7 nitrogen and oxygen atoms in total. The highest BCUT2D eigenvalue weighted by Crippen LogP contribution is 2.28. The van der Waals surface area contributed by atoms with E-state index < -0.39 is 10.0 Å². The second-order valence-electron chi connectivity index (χ2n) is 7.03. The molecule has 0 bridgehead atoms. The molecule has 1 aliphatic heterocycles. The van der Waals surface area contributed by atoms with Gasteiger partial charge in [-0.1, -0.05) is 19.9 Å². The lowest BCUT2D eigenvalue weighted by molar-refractivity contribution is 0.0533. The molecule has 0 spiro atoms. The Labute approximate surface area is 161 Å². The maximum atomic E-state index is 12.8. The first-order valence-electron chi connectivity index (χ1n) is 8.31. The summed E-state index contributed by atoms with van der Waals surface area (Å²) in [5.41, 5.74) is 6.31. The lowest BCUT2D eigenvalue weighted by Gasteiger charge is -2.42. The molecule has 1 heterocycles. The Morgan fingerprint density at radius 1 is 1.42 bits per heavy atom. The number of nitrogens with zero attached hydrogens (tertiary/aromatic N) is 1. The predicted molar refractivity (Wildman–Crippen MR) is 103 cm³/mol. The average molecular weight is 406 g/mol. The molecule has 1 atom stereocenters. The summed E-state index contributed by atoms with van der Waals surface area (Å²) in [6.07, 6.45) is 0.731. The van der Waals surface area contributed by atoms with Gasteiger partial charge >= 0.3 is 0 Å². The number of hydrogen-bond donors (Lipinski definition) is 2. The molecule has 0 saturated carbocycles. The first-order valence-corrected chi connectivity index (χ1v) is 9.79. The van der Waals surface area contributed by atoms with Crippen LogP contribution in [0.1, 0.15) is 30.6 Å².